The zero-order valence-corrected chi connectivity index (χ0v) is 21.7. The van der Waals surface area contributed by atoms with E-state index in [2.05, 4.69) is 48.6 Å². The van der Waals surface area contributed by atoms with Crippen molar-refractivity contribution in [2.45, 2.75) is 51.5 Å². The highest BCUT2D eigenvalue weighted by Crippen LogP contribution is 2.33. The van der Waals surface area contributed by atoms with Crippen LogP contribution in [-0.4, -0.2) is 49.8 Å². The van der Waals surface area contributed by atoms with E-state index in [0.717, 1.165) is 82.5 Å². The molecule has 0 spiro atoms. The van der Waals surface area contributed by atoms with Crippen LogP contribution in [0.1, 0.15) is 50.5 Å². The summed E-state index contributed by atoms with van der Waals surface area (Å²) in [7, 11) is 0. The number of nitrogens with one attached hydrogen (secondary N) is 3. The zero-order valence-electron chi connectivity index (χ0n) is 21.7. The number of hydrogen-bond donors (Lipinski definition) is 3. The van der Waals surface area contributed by atoms with Gasteiger partial charge in [-0.15, -0.1) is 0 Å². The maximum absolute atomic E-state index is 5.05. The van der Waals surface area contributed by atoms with Crippen molar-refractivity contribution in [2.75, 3.05) is 24.5 Å². The minimum atomic E-state index is 0.824. The van der Waals surface area contributed by atoms with Crippen molar-refractivity contribution in [3.63, 3.8) is 0 Å². The molecule has 8 nitrogen and oxygen atoms in total. The molecule has 3 N–H and O–H groups in total. The number of pyridine rings is 3. The smallest absolute Gasteiger partial charge is 0.137 e. The van der Waals surface area contributed by atoms with Gasteiger partial charge in [0.05, 0.1) is 22.4 Å². The molecule has 1 aliphatic carbocycles. The van der Waals surface area contributed by atoms with Gasteiger partial charge in [0.15, 0.2) is 0 Å². The van der Waals surface area contributed by atoms with E-state index in [9.17, 15) is 0 Å². The first-order chi connectivity index (χ1) is 18.8. The fourth-order valence-electron chi connectivity index (χ4n) is 6.13. The predicted molar refractivity (Wildman–Crippen MR) is 152 cm³/mol. The Morgan fingerprint density at radius 3 is 2.74 bits per heavy atom. The van der Waals surface area contributed by atoms with Gasteiger partial charge < -0.3 is 15.2 Å². The number of hydrogen-bond acceptors (Lipinski definition) is 6. The zero-order chi connectivity index (χ0) is 25.3. The number of anilines is 1. The van der Waals surface area contributed by atoms with Crippen molar-refractivity contribution < 1.29 is 0 Å². The Morgan fingerprint density at radius 1 is 0.947 bits per heavy atom. The molecular weight excluding hydrogens is 472 g/mol. The molecule has 5 aromatic rings. The number of nitrogens with zero attached hydrogens (tertiary/aromatic N) is 5. The van der Waals surface area contributed by atoms with Crippen LogP contribution in [0.3, 0.4) is 0 Å². The molecule has 1 saturated heterocycles. The quantitative estimate of drug-likeness (QED) is 0.257. The number of rotatable bonds is 7. The third-order valence-corrected chi connectivity index (χ3v) is 8.17. The topological polar surface area (TPSA) is 98.4 Å². The SMILES string of the molecule is c1cc2[nH]c(-c3n[nH]c4ccc(-c5cncc(CNCC6CCCC6)c5)nc34)cc2c(N2CCCCC2)n1. The second kappa shape index (κ2) is 10.2. The van der Waals surface area contributed by atoms with Gasteiger partial charge in [-0.3, -0.25) is 10.1 Å². The Hall–Kier alpha value is -3.78. The molecule has 0 aromatic carbocycles. The van der Waals surface area contributed by atoms with Crippen molar-refractivity contribution in [3.8, 4) is 22.6 Å². The molecule has 5 aromatic heterocycles. The predicted octanol–water partition coefficient (Wildman–Crippen LogP) is 5.83. The number of fused-ring (bicyclic) bond motifs is 2. The van der Waals surface area contributed by atoms with Crippen molar-refractivity contribution in [1.29, 1.82) is 0 Å². The van der Waals surface area contributed by atoms with Gasteiger partial charge in [-0.05, 0) is 80.5 Å². The first-order valence-corrected chi connectivity index (χ1v) is 14.0. The molecule has 2 aliphatic rings. The molecule has 0 bridgehead atoms. The van der Waals surface area contributed by atoms with Crippen molar-refractivity contribution in [1.82, 2.24) is 35.5 Å². The monoisotopic (exact) mass is 506 g/mol. The fourth-order valence-corrected chi connectivity index (χ4v) is 6.13. The summed E-state index contributed by atoms with van der Waals surface area (Å²) in [4.78, 5) is 20.3. The van der Waals surface area contributed by atoms with E-state index in [1.165, 1.54) is 50.5 Å². The molecule has 6 heterocycles. The van der Waals surface area contributed by atoms with E-state index < -0.39 is 0 Å². The first-order valence-electron chi connectivity index (χ1n) is 14.0. The lowest BCUT2D eigenvalue weighted by Gasteiger charge is -2.28. The lowest BCUT2D eigenvalue weighted by molar-refractivity contribution is 0.489. The fraction of sp³-hybridized carbons (Fsp3) is 0.400. The van der Waals surface area contributed by atoms with Crippen LogP contribution >= 0.6 is 0 Å². The first kappa shape index (κ1) is 23.3. The highest BCUT2D eigenvalue weighted by atomic mass is 15.2. The van der Waals surface area contributed by atoms with Gasteiger partial charge in [-0.25, -0.2) is 9.97 Å². The molecule has 7 rings (SSSR count). The number of aromatic nitrogens is 6. The summed E-state index contributed by atoms with van der Waals surface area (Å²) in [6, 6.07) is 10.5. The van der Waals surface area contributed by atoms with Crippen LogP contribution in [0.4, 0.5) is 5.82 Å². The minimum absolute atomic E-state index is 0.824. The van der Waals surface area contributed by atoms with Crippen molar-refractivity contribution >= 4 is 27.8 Å². The molecule has 1 saturated carbocycles. The van der Waals surface area contributed by atoms with Gasteiger partial charge in [0.25, 0.3) is 0 Å². The summed E-state index contributed by atoms with van der Waals surface area (Å²) in [5.41, 5.74) is 7.72. The third kappa shape index (κ3) is 4.53. The van der Waals surface area contributed by atoms with Crippen LogP contribution in [0, 0.1) is 5.92 Å². The Morgan fingerprint density at radius 2 is 1.84 bits per heavy atom. The molecule has 1 aliphatic heterocycles. The van der Waals surface area contributed by atoms with Crippen LogP contribution in [0.5, 0.6) is 0 Å². The normalized spacial score (nSPS) is 16.7. The largest absolute Gasteiger partial charge is 0.356 e. The highest BCUT2D eigenvalue weighted by molar-refractivity contribution is 5.98. The molecule has 0 amide bonds. The Balaban J connectivity index is 1.18. The lowest BCUT2D eigenvalue weighted by Crippen LogP contribution is -2.30. The Labute approximate surface area is 222 Å². The Bertz CT molecular complexity index is 1560. The van der Waals surface area contributed by atoms with Crippen LogP contribution < -0.4 is 10.2 Å². The van der Waals surface area contributed by atoms with Crippen molar-refractivity contribution in [2.24, 2.45) is 5.92 Å². The minimum Gasteiger partial charge on any atom is -0.356 e. The summed E-state index contributed by atoms with van der Waals surface area (Å²) >= 11 is 0. The summed E-state index contributed by atoms with van der Waals surface area (Å²) in [5.74, 6) is 1.88. The summed E-state index contributed by atoms with van der Waals surface area (Å²) in [5, 5.41) is 12.6. The highest BCUT2D eigenvalue weighted by Gasteiger charge is 2.19. The van der Waals surface area contributed by atoms with E-state index >= 15 is 0 Å². The molecule has 8 heteroatoms. The van der Waals surface area contributed by atoms with Gasteiger partial charge >= 0.3 is 0 Å². The van der Waals surface area contributed by atoms with Crippen LogP contribution in [0.2, 0.25) is 0 Å². The molecule has 0 radical (unpaired) electrons. The summed E-state index contributed by atoms with van der Waals surface area (Å²) in [6.07, 6.45) is 15.0. The van der Waals surface area contributed by atoms with E-state index in [-0.39, 0.29) is 0 Å². The Kier molecular flexibility index (Phi) is 6.25. The van der Waals surface area contributed by atoms with E-state index in [0.29, 0.717) is 0 Å². The molecule has 194 valence electrons. The maximum atomic E-state index is 5.05. The summed E-state index contributed by atoms with van der Waals surface area (Å²) in [6.45, 7) is 4.05. The third-order valence-electron chi connectivity index (χ3n) is 8.17. The van der Waals surface area contributed by atoms with E-state index in [1.54, 1.807) is 0 Å². The van der Waals surface area contributed by atoms with E-state index in [1.807, 2.05) is 30.7 Å². The molecule has 2 fully saturated rings. The van der Waals surface area contributed by atoms with Gasteiger partial charge in [0.2, 0.25) is 0 Å². The lowest BCUT2D eigenvalue weighted by atomic mass is 10.1. The van der Waals surface area contributed by atoms with Gasteiger partial charge in [0.1, 0.15) is 17.0 Å². The average molecular weight is 507 g/mol. The second-order valence-corrected chi connectivity index (χ2v) is 10.9. The second-order valence-electron chi connectivity index (χ2n) is 10.9. The molecular formula is C30H34N8. The number of piperidine rings is 1. The van der Waals surface area contributed by atoms with Gasteiger partial charge in [-0.2, -0.15) is 5.10 Å². The van der Waals surface area contributed by atoms with Crippen LogP contribution in [0.15, 0.2) is 48.9 Å². The number of aromatic amines is 2. The van der Waals surface area contributed by atoms with Crippen molar-refractivity contribution in [3.05, 3.63) is 54.5 Å². The standard InChI is InChI=1S/C30H34N8/c1-4-12-38(13-5-1)30-23-15-27(34-25(23)10-11-33-30)29-28-26(36-37-29)9-8-24(35-28)22-14-21(18-32-19-22)17-31-16-20-6-2-3-7-20/h8-11,14-15,18-20,31,34H,1-7,12-13,16-17H2,(H,36,37). The summed E-state index contributed by atoms with van der Waals surface area (Å²) < 4.78 is 0. The number of H-pyrrole nitrogens is 2. The van der Waals surface area contributed by atoms with E-state index in [4.69, 9.17) is 9.97 Å². The average Bonchev–Trinajstić information content (AvgIpc) is 3.73. The van der Waals surface area contributed by atoms with Crippen LogP contribution in [-0.2, 0) is 6.54 Å². The molecule has 38 heavy (non-hydrogen) atoms. The van der Waals surface area contributed by atoms with Crippen LogP contribution in [0.25, 0.3) is 44.6 Å². The molecule has 0 unspecified atom stereocenters. The van der Waals surface area contributed by atoms with Gasteiger partial charge in [0, 0.05) is 49.2 Å². The molecule has 0 atom stereocenters. The maximum Gasteiger partial charge on any atom is 0.137 e. The van der Waals surface area contributed by atoms with Gasteiger partial charge in [-0.1, -0.05) is 12.8 Å².